The van der Waals surface area contributed by atoms with Crippen LogP contribution in [0.5, 0.6) is 5.75 Å². The third-order valence-corrected chi connectivity index (χ3v) is 5.54. The lowest BCUT2D eigenvalue weighted by Crippen LogP contribution is -2.09. The highest BCUT2D eigenvalue weighted by Crippen LogP contribution is 2.35. The van der Waals surface area contributed by atoms with E-state index in [9.17, 15) is 19.1 Å². The number of anilines is 1. The minimum atomic E-state index is -1.09. The van der Waals surface area contributed by atoms with Crippen molar-refractivity contribution in [2.75, 3.05) is 5.32 Å². The van der Waals surface area contributed by atoms with Crippen LogP contribution in [-0.4, -0.2) is 21.6 Å². The van der Waals surface area contributed by atoms with E-state index in [-0.39, 0.29) is 23.9 Å². The number of carboxylic acid groups (broad SMARTS) is 1. The summed E-state index contributed by atoms with van der Waals surface area (Å²) in [5.41, 5.74) is 5.40. The van der Waals surface area contributed by atoms with Crippen molar-refractivity contribution in [3.05, 3.63) is 101 Å². The number of aromatic nitrogens is 1. The summed E-state index contributed by atoms with van der Waals surface area (Å²) < 4.78 is 21.3. The van der Waals surface area contributed by atoms with Gasteiger partial charge in [0.2, 0.25) is 5.91 Å². The van der Waals surface area contributed by atoms with Crippen LogP contribution in [0.4, 0.5) is 10.1 Å². The third kappa shape index (κ3) is 5.41. The lowest BCUT2D eigenvalue weighted by molar-refractivity contribution is -0.114. The molecule has 178 valence electrons. The Labute approximate surface area is 202 Å². The van der Waals surface area contributed by atoms with Gasteiger partial charge in [-0.05, 0) is 74.0 Å². The Morgan fingerprint density at radius 3 is 2.40 bits per heavy atom. The van der Waals surface area contributed by atoms with Crippen LogP contribution in [0.1, 0.15) is 34.1 Å². The number of aromatic carboxylic acids is 1. The molecule has 0 spiro atoms. The number of nitrogens with zero attached hydrogens (tertiary/aromatic N) is 1. The molecule has 0 bridgehead atoms. The SMILES string of the molecule is CC(=O)Nc1cc(C(=O)O)cc(-n2c(C)ccc2-c2cc(C)ccc2OCc2ccc(F)cc2)c1. The molecule has 0 saturated carbocycles. The summed E-state index contributed by atoms with van der Waals surface area (Å²) in [6.45, 7) is 5.53. The zero-order valence-corrected chi connectivity index (χ0v) is 19.6. The second kappa shape index (κ2) is 9.85. The number of hydrogen-bond donors (Lipinski definition) is 2. The van der Waals surface area contributed by atoms with Gasteiger partial charge in [0.15, 0.2) is 0 Å². The van der Waals surface area contributed by atoms with E-state index in [0.29, 0.717) is 17.1 Å². The third-order valence-electron chi connectivity index (χ3n) is 5.54. The lowest BCUT2D eigenvalue weighted by atomic mass is 10.1. The van der Waals surface area contributed by atoms with Crippen molar-refractivity contribution < 1.29 is 23.8 Å². The number of carbonyl (C=O) groups is 2. The molecule has 2 N–H and O–H groups in total. The number of ether oxygens (including phenoxy) is 1. The second-order valence-electron chi connectivity index (χ2n) is 8.37. The quantitative estimate of drug-likeness (QED) is 0.339. The smallest absolute Gasteiger partial charge is 0.335 e. The van der Waals surface area contributed by atoms with E-state index >= 15 is 0 Å². The molecule has 6 nitrogen and oxygen atoms in total. The molecule has 1 aromatic heterocycles. The fourth-order valence-electron chi connectivity index (χ4n) is 3.94. The molecule has 0 unspecified atom stereocenters. The van der Waals surface area contributed by atoms with Crippen LogP contribution in [0.3, 0.4) is 0 Å². The number of halogens is 1. The van der Waals surface area contributed by atoms with Crippen LogP contribution < -0.4 is 10.1 Å². The summed E-state index contributed by atoms with van der Waals surface area (Å²) in [7, 11) is 0. The first-order chi connectivity index (χ1) is 16.7. The van der Waals surface area contributed by atoms with Gasteiger partial charge in [0.25, 0.3) is 0 Å². The van der Waals surface area contributed by atoms with Gasteiger partial charge in [0.05, 0.1) is 11.3 Å². The van der Waals surface area contributed by atoms with Gasteiger partial charge in [-0.25, -0.2) is 9.18 Å². The Bertz CT molecular complexity index is 1410. The van der Waals surface area contributed by atoms with Crippen LogP contribution in [0.2, 0.25) is 0 Å². The van der Waals surface area contributed by atoms with E-state index in [0.717, 1.165) is 28.1 Å². The summed E-state index contributed by atoms with van der Waals surface area (Å²) in [5.74, 6) is -1.06. The predicted molar refractivity (Wildman–Crippen MR) is 133 cm³/mol. The van der Waals surface area contributed by atoms with Crippen LogP contribution in [0.15, 0.2) is 72.8 Å². The van der Waals surface area contributed by atoms with Gasteiger partial charge in [-0.2, -0.15) is 0 Å². The van der Waals surface area contributed by atoms with Crippen molar-refractivity contribution in [1.29, 1.82) is 0 Å². The monoisotopic (exact) mass is 472 g/mol. The number of aryl methyl sites for hydroxylation is 2. The number of carboxylic acids is 1. The highest BCUT2D eigenvalue weighted by atomic mass is 19.1. The number of nitrogens with one attached hydrogen (secondary N) is 1. The first-order valence-corrected chi connectivity index (χ1v) is 11.0. The molecule has 1 heterocycles. The standard InChI is InChI=1S/C28H25FN2O4/c1-17-4-11-27(35-16-20-6-8-22(29)9-7-20)25(12-17)26-10-5-18(2)31(26)24-14-21(28(33)34)13-23(15-24)30-19(3)32/h4-15H,16H2,1-3H3,(H,30,32)(H,33,34). The van der Waals surface area contributed by atoms with Gasteiger partial charge in [0, 0.05) is 29.6 Å². The maximum Gasteiger partial charge on any atom is 0.335 e. The minimum absolute atomic E-state index is 0.0577. The number of carbonyl (C=O) groups excluding carboxylic acids is 1. The van der Waals surface area contributed by atoms with E-state index in [4.69, 9.17) is 4.74 Å². The average molecular weight is 473 g/mol. The lowest BCUT2D eigenvalue weighted by Gasteiger charge is -2.18. The van der Waals surface area contributed by atoms with E-state index < -0.39 is 5.97 Å². The number of amides is 1. The first-order valence-electron chi connectivity index (χ1n) is 11.0. The summed E-state index contributed by atoms with van der Waals surface area (Å²) in [5, 5.41) is 12.3. The number of hydrogen-bond acceptors (Lipinski definition) is 3. The fraction of sp³-hybridized carbons (Fsp3) is 0.143. The van der Waals surface area contributed by atoms with Gasteiger partial charge < -0.3 is 19.7 Å². The van der Waals surface area contributed by atoms with Crippen LogP contribution in [0.25, 0.3) is 16.9 Å². The Morgan fingerprint density at radius 2 is 1.71 bits per heavy atom. The topological polar surface area (TPSA) is 80.6 Å². The van der Waals surface area contributed by atoms with Gasteiger partial charge in [-0.3, -0.25) is 4.79 Å². The zero-order valence-electron chi connectivity index (χ0n) is 19.6. The molecule has 0 aliphatic carbocycles. The van der Waals surface area contributed by atoms with E-state index in [1.165, 1.54) is 25.1 Å². The Hall–Kier alpha value is -4.39. The van der Waals surface area contributed by atoms with Crippen molar-refractivity contribution in [3.63, 3.8) is 0 Å². The van der Waals surface area contributed by atoms with Gasteiger partial charge in [0.1, 0.15) is 18.2 Å². The number of rotatable bonds is 7. The van der Waals surface area contributed by atoms with Crippen molar-refractivity contribution in [3.8, 4) is 22.7 Å². The molecule has 0 radical (unpaired) electrons. The first kappa shape index (κ1) is 23.8. The van der Waals surface area contributed by atoms with Gasteiger partial charge >= 0.3 is 5.97 Å². The highest BCUT2D eigenvalue weighted by molar-refractivity contribution is 5.94. The Kier molecular flexibility index (Phi) is 6.68. The fourth-order valence-corrected chi connectivity index (χ4v) is 3.94. The average Bonchev–Trinajstić information content (AvgIpc) is 3.19. The predicted octanol–water partition coefficient (Wildman–Crippen LogP) is 6.14. The van der Waals surface area contributed by atoms with E-state index in [1.54, 1.807) is 24.3 Å². The van der Waals surface area contributed by atoms with E-state index in [2.05, 4.69) is 5.32 Å². The Balaban J connectivity index is 1.79. The van der Waals surface area contributed by atoms with Gasteiger partial charge in [-0.1, -0.05) is 23.8 Å². The molecule has 7 heteroatoms. The molecule has 0 atom stereocenters. The molecular weight excluding hydrogens is 447 g/mol. The molecule has 1 amide bonds. The summed E-state index contributed by atoms with van der Waals surface area (Å²) in [6.07, 6.45) is 0. The van der Waals surface area contributed by atoms with Crippen molar-refractivity contribution in [1.82, 2.24) is 4.57 Å². The van der Waals surface area contributed by atoms with Crippen molar-refractivity contribution in [2.24, 2.45) is 0 Å². The minimum Gasteiger partial charge on any atom is -0.488 e. The number of benzene rings is 3. The zero-order chi connectivity index (χ0) is 25.1. The molecule has 0 aliphatic rings. The van der Waals surface area contributed by atoms with Crippen molar-refractivity contribution >= 4 is 17.6 Å². The van der Waals surface area contributed by atoms with Crippen LogP contribution in [0, 0.1) is 19.7 Å². The molecule has 4 rings (SSSR count). The summed E-state index contributed by atoms with van der Waals surface area (Å²) in [4.78, 5) is 23.4. The summed E-state index contributed by atoms with van der Waals surface area (Å²) in [6, 6.07) is 20.6. The molecule has 35 heavy (non-hydrogen) atoms. The largest absolute Gasteiger partial charge is 0.488 e. The molecular formula is C28H25FN2O4. The summed E-state index contributed by atoms with van der Waals surface area (Å²) >= 11 is 0. The second-order valence-corrected chi connectivity index (χ2v) is 8.37. The molecule has 3 aromatic carbocycles. The highest BCUT2D eigenvalue weighted by Gasteiger charge is 2.17. The normalized spacial score (nSPS) is 10.7. The maximum atomic E-state index is 13.3. The van der Waals surface area contributed by atoms with Crippen LogP contribution >= 0.6 is 0 Å². The molecule has 4 aromatic rings. The van der Waals surface area contributed by atoms with Crippen molar-refractivity contribution in [2.45, 2.75) is 27.4 Å². The molecule has 0 fully saturated rings. The van der Waals surface area contributed by atoms with Crippen LogP contribution in [-0.2, 0) is 11.4 Å². The maximum absolute atomic E-state index is 13.3. The molecule has 0 aliphatic heterocycles. The van der Waals surface area contributed by atoms with E-state index in [1.807, 2.05) is 48.7 Å². The Morgan fingerprint density at radius 1 is 0.971 bits per heavy atom. The van der Waals surface area contributed by atoms with Gasteiger partial charge in [-0.15, -0.1) is 0 Å². The molecule has 0 saturated heterocycles.